The highest BCUT2D eigenvalue weighted by atomic mass is 14.9. The Bertz CT molecular complexity index is 529. The van der Waals surface area contributed by atoms with Gasteiger partial charge >= 0.3 is 0 Å². The van der Waals surface area contributed by atoms with E-state index in [9.17, 15) is 0 Å². The zero-order valence-corrected chi connectivity index (χ0v) is 12.2. The van der Waals surface area contributed by atoms with E-state index in [4.69, 9.17) is 0 Å². The molecule has 0 amide bonds. The van der Waals surface area contributed by atoms with Gasteiger partial charge in [-0.2, -0.15) is 0 Å². The molecule has 1 aliphatic carbocycles. The van der Waals surface area contributed by atoms with Crippen LogP contribution in [-0.2, 0) is 0 Å². The fourth-order valence-corrected chi connectivity index (χ4v) is 3.34. The molecule has 0 radical (unpaired) electrons. The van der Waals surface area contributed by atoms with Crippen LogP contribution < -0.4 is 5.32 Å². The fourth-order valence-electron chi connectivity index (χ4n) is 3.34. The first-order chi connectivity index (χ1) is 9.86. The second-order valence-electron chi connectivity index (χ2n) is 5.75. The van der Waals surface area contributed by atoms with Crippen molar-refractivity contribution in [1.29, 1.82) is 0 Å². The minimum absolute atomic E-state index is 0.721. The first-order valence-electron chi connectivity index (χ1n) is 7.75. The van der Waals surface area contributed by atoms with E-state index in [1.807, 2.05) is 0 Å². The van der Waals surface area contributed by atoms with E-state index in [0.717, 1.165) is 18.5 Å². The minimum Gasteiger partial charge on any atom is -0.314 e. The van der Waals surface area contributed by atoms with Crippen LogP contribution >= 0.6 is 0 Å². The molecule has 2 aromatic rings. The second kappa shape index (κ2) is 6.23. The van der Waals surface area contributed by atoms with Crippen LogP contribution in [0.25, 0.3) is 11.1 Å². The molecule has 1 heteroatoms. The van der Waals surface area contributed by atoms with Crippen LogP contribution in [0.1, 0.15) is 37.7 Å². The van der Waals surface area contributed by atoms with Crippen LogP contribution in [0.15, 0.2) is 54.6 Å². The molecule has 0 bridgehead atoms. The van der Waals surface area contributed by atoms with Gasteiger partial charge in [0.1, 0.15) is 0 Å². The van der Waals surface area contributed by atoms with Crippen LogP contribution in [-0.4, -0.2) is 12.6 Å². The molecule has 0 saturated heterocycles. The molecule has 0 heterocycles. The summed E-state index contributed by atoms with van der Waals surface area (Å²) in [6.45, 7) is 3.28. The van der Waals surface area contributed by atoms with E-state index < -0.39 is 0 Å². The molecule has 1 saturated carbocycles. The van der Waals surface area contributed by atoms with E-state index in [1.54, 1.807) is 0 Å². The maximum Gasteiger partial charge on any atom is 0.00729 e. The highest BCUT2D eigenvalue weighted by Gasteiger charge is 2.24. The molecule has 1 fully saturated rings. The van der Waals surface area contributed by atoms with Crippen LogP contribution in [0.2, 0.25) is 0 Å². The molecule has 2 atom stereocenters. The lowest BCUT2D eigenvalue weighted by molar-refractivity contribution is 0.535. The summed E-state index contributed by atoms with van der Waals surface area (Å²) >= 11 is 0. The predicted molar refractivity (Wildman–Crippen MR) is 85.9 cm³/mol. The van der Waals surface area contributed by atoms with Crippen molar-refractivity contribution in [2.75, 3.05) is 6.54 Å². The Morgan fingerprint density at radius 1 is 0.900 bits per heavy atom. The lowest BCUT2D eigenvalue weighted by Crippen LogP contribution is -2.25. The molecular weight excluding hydrogens is 242 g/mol. The van der Waals surface area contributed by atoms with E-state index in [2.05, 4.69) is 66.8 Å². The minimum atomic E-state index is 0.721. The summed E-state index contributed by atoms with van der Waals surface area (Å²) < 4.78 is 0. The van der Waals surface area contributed by atoms with Gasteiger partial charge in [0.25, 0.3) is 0 Å². The van der Waals surface area contributed by atoms with E-state index >= 15 is 0 Å². The van der Waals surface area contributed by atoms with Crippen molar-refractivity contribution in [2.45, 2.75) is 38.1 Å². The van der Waals surface area contributed by atoms with E-state index in [1.165, 1.54) is 36.0 Å². The van der Waals surface area contributed by atoms with Crippen molar-refractivity contribution in [1.82, 2.24) is 5.32 Å². The predicted octanol–water partition coefficient (Wildman–Crippen LogP) is 4.60. The smallest absolute Gasteiger partial charge is 0.00729 e. The molecular formula is C19H23N. The van der Waals surface area contributed by atoms with Gasteiger partial charge in [0, 0.05) is 6.04 Å². The number of hydrogen-bond acceptors (Lipinski definition) is 1. The Kier molecular flexibility index (Phi) is 4.17. The maximum atomic E-state index is 3.58. The molecule has 1 nitrogen and oxygen atoms in total. The third kappa shape index (κ3) is 2.94. The van der Waals surface area contributed by atoms with E-state index in [-0.39, 0.29) is 0 Å². The van der Waals surface area contributed by atoms with Gasteiger partial charge in [0.15, 0.2) is 0 Å². The third-order valence-electron chi connectivity index (χ3n) is 4.41. The summed E-state index contributed by atoms with van der Waals surface area (Å²) in [5.41, 5.74) is 4.12. The molecule has 104 valence electrons. The standard InChI is InChI=1S/C19H23N/c1-2-20-19-13-12-18(14-19)17-10-8-16(9-11-17)15-6-4-3-5-7-15/h3-11,18-20H,2,12-14H2,1H3. The van der Waals surface area contributed by atoms with Crippen molar-refractivity contribution in [2.24, 2.45) is 0 Å². The highest BCUT2D eigenvalue weighted by Crippen LogP contribution is 2.35. The first kappa shape index (κ1) is 13.4. The maximum absolute atomic E-state index is 3.58. The molecule has 0 aromatic heterocycles. The van der Waals surface area contributed by atoms with Gasteiger partial charge in [-0.3, -0.25) is 0 Å². The molecule has 0 aliphatic heterocycles. The van der Waals surface area contributed by atoms with Gasteiger partial charge in [-0.1, -0.05) is 61.5 Å². The average molecular weight is 265 g/mol. The van der Waals surface area contributed by atoms with E-state index in [0.29, 0.717) is 0 Å². The number of nitrogens with one attached hydrogen (secondary N) is 1. The van der Waals surface area contributed by atoms with Crippen molar-refractivity contribution >= 4 is 0 Å². The van der Waals surface area contributed by atoms with Crippen molar-refractivity contribution in [3.05, 3.63) is 60.2 Å². The van der Waals surface area contributed by atoms with Gasteiger partial charge in [0.2, 0.25) is 0 Å². The highest BCUT2D eigenvalue weighted by molar-refractivity contribution is 5.63. The number of benzene rings is 2. The molecule has 0 spiro atoms. The SMILES string of the molecule is CCNC1CCC(c2ccc(-c3ccccc3)cc2)C1. The zero-order chi connectivity index (χ0) is 13.8. The quantitative estimate of drug-likeness (QED) is 0.852. The zero-order valence-electron chi connectivity index (χ0n) is 12.2. The lowest BCUT2D eigenvalue weighted by atomic mass is 9.95. The summed E-state index contributed by atoms with van der Waals surface area (Å²) in [7, 11) is 0. The largest absolute Gasteiger partial charge is 0.314 e. The molecule has 1 N–H and O–H groups in total. The molecule has 2 aromatic carbocycles. The molecule has 1 aliphatic rings. The number of hydrogen-bond donors (Lipinski definition) is 1. The van der Waals surface area contributed by atoms with Crippen molar-refractivity contribution < 1.29 is 0 Å². The van der Waals surface area contributed by atoms with Gasteiger partial charge in [-0.25, -0.2) is 0 Å². The summed E-state index contributed by atoms with van der Waals surface area (Å²) in [4.78, 5) is 0. The molecule has 2 unspecified atom stereocenters. The number of rotatable bonds is 4. The average Bonchev–Trinajstić information content (AvgIpc) is 2.97. The third-order valence-corrected chi connectivity index (χ3v) is 4.41. The van der Waals surface area contributed by atoms with Crippen molar-refractivity contribution in [3.8, 4) is 11.1 Å². The van der Waals surface area contributed by atoms with Crippen LogP contribution in [0.4, 0.5) is 0 Å². The summed E-state index contributed by atoms with van der Waals surface area (Å²) in [6, 6.07) is 20.5. The van der Waals surface area contributed by atoms with Crippen LogP contribution in [0, 0.1) is 0 Å². The Balaban J connectivity index is 1.71. The second-order valence-corrected chi connectivity index (χ2v) is 5.75. The molecule has 3 rings (SSSR count). The van der Waals surface area contributed by atoms with Gasteiger partial charge in [-0.15, -0.1) is 0 Å². The Hall–Kier alpha value is -1.60. The Labute approximate surface area is 122 Å². The Morgan fingerprint density at radius 2 is 1.60 bits per heavy atom. The topological polar surface area (TPSA) is 12.0 Å². The summed E-state index contributed by atoms with van der Waals surface area (Å²) in [5.74, 6) is 0.740. The fraction of sp³-hybridized carbons (Fsp3) is 0.368. The summed E-state index contributed by atoms with van der Waals surface area (Å²) in [5, 5.41) is 3.58. The van der Waals surface area contributed by atoms with Crippen LogP contribution in [0.3, 0.4) is 0 Å². The summed E-state index contributed by atoms with van der Waals surface area (Å²) in [6.07, 6.45) is 3.93. The molecule has 20 heavy (non-hydrogen) atoms. The first-order valence-corrected chi connectivity index (χ1v) is 7.75. The monoisotopic (exact) mass is 265 g/mol. The lowest BCUT2D eigenvalue weighted by Gasteiger charge is -2.13. The Morgan fingerprint density at radius 3 is 2.30 bits per heavy atom. The van der Waals surface area contributed by atoms with Gasteiger partial charge < -0.3 is 5.32 Å². The normalized spacial score (nSPS) is 22.1. The van der Waals surface area contributed by atoms with Gasteiger partial charge in [-0.05, 0) is 48.4 Å². The van der Waals surface area contributed by atoms with Crippen LogP contribution in [0.5, 0.6) is 0 Å². The van der Waals surface area contributed by atoms with Crippen molar-refractivity contribution in [3.63, 3.8) is 0 Å². The van der Waals surface area contributed by atoms with Gasteiger partial charge in [0.05, 0.1) is 0 Å².